The number of carbonyl (C=O) groups excluding carboxylic acids is 2. The number of nitrogens with two attached hydrogens (primary N) is 1. The Morgan fingerprint density at radius 1 is 1.26 bits per heavy atom. The summed E-state index contributed by atoms with van der Waals surface area (Å²) in [6, 6.07) is 5.03. The fraction of sp³-hybridized carbons (Fsp3) is 0.385. The molecule has 0 spiro atoms. The van der Waals surface area contributed by atoms with E-state index in [0.717, 1.165) is 0 Å². The number of ether oxygens (including phenoxy) is 1. The Morgan fingerprint density at radius 2 is 2.00 bits per heavy atom. The van der Waals surface area contributed by atoms with Crippen molar-refractivity contribution in [1.82, 2.24) is 0 Å². The maximum Gasteiger partial charge on any atom is 0.225 e. The van der Waals surface area contributed by atoms with Crippen molar-refractivity contribution in [2.24, 2.45) is 5.73 Å². The molecule has 0 saturated carbocycles. The van der Waals surface area contributed by atoms with Gasteiger partial charge in [-0.1, -0.05) is 6.92 Å². The lowest BCUT2D eigenvalue weighted by Gasteiger charge is -2.12. The standard InChI is InChI=1S/C13H19N3O3/c1-3-12(17)16-10-5-4-9(8-11(10)19-2)15-13(18)6-7-14/h4-5,8H,3,6-7,14H2,1-2H3,(H,15,18)(H,16,17). The summed E-state index contributed by atoms with van der Waals surface area (Å²) >= 11 is 0. The maximum absolute atomic E-state index is 11.4. The average molecular weight is 265 g/mol. The number of nitrogens with one attached hydrogen (secondary N) is 2. The summed E-state index contributed by atoms with van der Waals surface area (Å²) in [4.78, 5) is 22.8. The summed E-state index contributed by atoms with van der Waals surface area (Å²) in [7, 11) is 1.50. The van der Waals surface area contributed by atoms with Crippen LogP contribution in [0.4, 0.5) is 11.4 Å². The van der Waals surface area contributed by atoms with Crippen LogP contribution >= 0.6 is 0 Å². The average Bonchev–Trinajstić information content (AvgIpc) is 2.40. The summed E-state index contributed by atoms with van der Waals surface area (Å²) in [6.45, 7) is 2.07. The fourth-order valence-electron chi connectivity index (χ4n) is 1.47. The number of rotatable bonds is 6. The lowest BCUT2D eigenvalue weighted by atomic mass is 10.2. The Labute approximate surface area is 112 Å². The second kappa shape index (κ2) is 7.38. The number of methoxy groups -OCH3 is 1. The van der Waals surface area contributed by atoms with Gasteiger partial charge < -0.3 is 21.1 Å². The first kappa shape index (κ1) is 15.0. The molecule has 6 nitrogen and oxygen atoms in total. The van der Waals surface area contributed by atoms with Crippen molar-refractivity contribution in [1.29, 1.82) is 0 Å². The number of anilines is 2. The van der Waals surface area contributed by atoms with Crippen LogP contribution in [0.2, 0.25) is 0 Å². The molecule has 6 heteroatoms. The summed E-state index contributed by atoms with van der Waals surface area (Å²) in [6.07, 6.45) is 0.648. The molecule has 19 heavy (non-hydrogen) atoms. The van der Waals surface area contributed by atoms with Gasteiger partial charge in [0.05, 0.1) is 12.8 Å². The van der Waals surface area contributed by atoms with Crippen LogP contribution in [0.3, 0.4) is 0 Å². The number of carbonyl (C=O) groups is 2. The van der Waals surface area contributed by atoms with E-state index in [1.807, 2.05) is 0 Å². The molecule has 0 bridgehead atoms. The lowest BCUT2D eigenvalue weighted by molar-refractivity contribution is -0.116. The van der Waals surface area contributed by atoms with Gasteiger partial charge in [-0.15, -0.1) is 0 Å². The molecule has 0 aromatic heterocycles. The first-order chi connectivity index (χ1) is 9.10. The van der Waals surface area contributed by atoms with E-state index in [-0.39, 0.29) is 18.2 Å². The fourth-order valence-corrected chi connectivity index (χ4v) is 1.47. The van der Waals surface area contributed by atoms with Crippen LogP contribution in [0.1, 0.15) is 19.8 Å². The topological polar surface area (TPSA) is 93.5 Å². The van der Waals surface area contributed by atoms with Crippen molar-refractivity contribution >= 4 is 23.2 Å². The van der Waals surface area contributed by atoms with E-state index < -0.39 is 0 Å². The molecular formula is C13H19N3O3. The molecule has 0 atom stereocenters. The Morgan fingerprint density at radius 3 is 2.58 bits per heavy atom. The normalized spacial score (nSPS) is 9.84. The van der Waals surface area contributed by atoms with Gasteiger partial charge in [-0.25, -0.2) is 0 Å². The van der Waals surface area contributed by atoms with Gasteiger partial charge in [-0.05, 0) is 12.1 Å². The van der Waals surface area contributed by atoms with Crippen molar-refractivity contribution in [3.63, 3.8) is 0 Å². The van der Waals surface area contributed by atoms with Crippen LogP contribution in [-0.4, -0.2) is 25.5 Å². The Hall–Kier alpha value is -2.08. The number of hydrogen-bond donors (Lipinski definition) is 3. The molecule has 4 N–H and O–H groups in total. The van der Waals surface area contributed by atoms with E-state index >= 15 is 0 Å². The van der Waals surface area contributed by atoms with Crippen molar-refractivity contribution < 1.29 is 14.3 Å². The molecular weight excluding hydrogens is 246 g/mol. The predicted molar refractivity (Wildman–Crippen MR) is 74.2 cm³/mol. The third-order valence-corrected chi connectivity index (χ3v) is 2.45. The van der Waals surface area contributed by atoms with Crippen LogP contribution in [0.25, 0.3) is 0 Å². The van der Waals surface area contributed by atoms with Gasteiger partial charge in [0, 0.05) is 31.1 Å². The Balaban J connectivity index is 2.83. The zero-order valence-electron chi connectivity index (χ0n) is 11.2. The smallest absolute Gasteiger partial charge is 0.225 e. The van der Waals surface area contributed by atoms with E-state index in [0.29, 0.717) is 30.1 Å². The second-order valence-corrected chi connectivity index (χ2v) is 3.90. The SMILES string of the molecule is CCC(=O)Nc1ccc(NC(=O)CCN)cc1OC. The van der Waals surface area contributed by atoms with Crippen LogP contribution in [0.5, 0.6) is 5.75 Å². The second-order valence-electron chi connectivity index (χ2n) is 3.90. The van der Waals surface area contributed by atoms with Crippen LogP contribution in [0, 0.1) is 0 Å². The molecule has 104 valence electrons. The maximum atomic E-state index is 11.4. The lowest BCUT2D eigenvalue weighted by Crippen LogP contribution is -2.16. The van der Waals surface area contributed by atoms with Gasteiger partial charge in [0.25, 0.3) is 0 Å². The highest BCUT2D eigenvalue weighted by Crippen LogP contribution is 2.28. The molecule has 0 aliphatic rings. The summed E-state index contributed by atoms with van der Waals surface area (Å²) < 4.78 is 5.18. The highest BCUT2D eigenvalue weighted by atomic mass is 16.5. The largest absolute Gasteiger partial charge is 0.494 e. The van der Waals surface area contributed by atoms with Crippen molar-refractivity contribution in [3.8, 4) is 5.75 Å². The predicted octanol–water partition coefficient (Wildman–Crippen LogP) is 1.33. The monoisotopic (exact) mass is 265 g/mol. The first-order valence-electron chi connectivity index (χ1n) is 6.08. The van der Waals surface area contributed by atoms with Crippen molar-refractivity contribution in [3.05, 3.63) is 18.2 Å². The quantitative estimate of drug-likeness (QED) is 0.723. The molecule has 1 aromatic rings. The van der Waals surface area contributed by atoms with Gasteiger partial charge in [0.1, 0.15) is 5.75 Å². The van der Waals surface area contributed by atoms with Crippen molar-refractivity contribution in [2.75, 3.05) is 24.3 Å². The molecule has 0 fully saturated rings. The van der Waals surface area contributed by atoms with Gasteiger partial charge in [0.2, 0.25) is 11.8 Å². The summed E-state index contributed by atoms with van der Waals surface area (Å²) in [5.41, 5.74) is 6.48. The number of benzene rings is 1. The van der Waals surface area contributed by atoms with Crippen molar-refractivity contribution in [2.45, 2.75) is 19.8 Å². The minimum absolute atomic E-state index is 0.0989. The summed E-state index contributed by atoms with van der Waals surface area (Å²) in [5, 5.41) is 5.42. The highest BCUT2D eigenvalue weighted by Gasteiger charge is 2.08. The van der Waals surface area contributed by atoms with Gasteiger partial charge in [-0.2, -0.15) is 0 Å². The molecule has 1 aromatic carbocycles. The van der Waals surface area contributed by atoms with Gasteiger partial charge in [0.15, 0.2) is 0 Å². The zero-order valence-corrected chi connectivity index (χ0v) is 11.2. The highest BCUT2D eigenvalue weighted by molar-refractivity contribution is 5.94. The Bertz CT molecular complexity index is 460. The van der Waals surface area contributed by atoms with Crippen LogP contribution < -0.4 is 21.1 Å². The van der Waals surface area contributed by atoms with E-state index in [9.17, 15) is 9.59 Å². The van der Waals surface area contributed by atoms with Gasteiger partial charge in [-0.3, -0.25) is 9.59 Å². The van der Waals surface area contributed by atoms with Crippen LogP contribution in [-0.2, 0) is 9.59 Å². The number of hydrogen-bond acceptors (Lipinski definition) is 4. The molecule has 0 radical (unpaired) electrons. The van der Waals surface area contributed by atoms with E-state index in [2.05, 4.69) is 10.6 Å². The van der Waals surface area contributed by atoms with E-state index in [1.165, 1.54) is 7.11 Å². The first-order valence-corrected chi connectivity index (χ1v) is 6.08. The Kier molecular flexibility index (Phi) is 5.81. The van der Waals surface area contributed by atoms with E-state index in [1.54, 1.807) is 25.1 Å². The van der Waals surface area contributed by atoms with Crippen LogP contribution in [0.15, 0.2) is 18.2 Å². The number of amides is 2. The third kappa shape index (κ3) is 4.59. The van der Waals surface area contributed by atoms with Gasteiger partial charge >= 0.3 is 0 Å². The third-order valence-electron chi connectivity index (χ3n) is 2.45. The minimum Gasteiger partial charge on any atom is -0.494 e. The minimum atomic E-state index is -0.158. The molecule has 2 amide bonds. The molecule has 0 aliphatic heterocycles. The summed E-state index contributed by atoms with van der Waals surface area (Å²) in [5.74, 6) is 0.237. The molecule has 0 heterocycles. The molecule has 1 rings (SSSR count). The molecule has 0 unspecified atom stereocenters. The molecule has 0 aliphatic carbocycles. The zero-order chi connectivity index (χ0) is 14.3. The van der Waals surface area contributed by atoms with E-state index in [4.69, 9.17) is 10.5 Å². The molecule has 0 saturated heterocycles.